The molecule has 0 bridgehead atoms. The molecular formula is C18H24F2N2O2. The van der Waals surface area contributed by atoms with Gasteiger partial charge in [0.05, 0.1) is 12.1 Å². The number of allylic oxidation sites excluding steroid dienone is 1. The molecule has 0 saturated carbocycles. The van der Waals surface area contributed by atoms with Crippen molar-refractivity contribution in [3.8, 4) is 0 Å². The highest BCUT2D eigenvalue weighted by molar-refractivity contribution is 5.92. The van der Waals surface area contributed by atoms with Crippen LogP contribution in [-0.4, -0.2) is 30.2 Å². The number of carbonyl (C=O) groups excluding carboxylic acids is 1. The predicted octanol–water partition coefficient (Wildman–Crippen LogP) is 3.23. The van der Waals surface area contributed by atoms with Gasteiger partial charge >= 0.3 is 0 Å². The van der Waals surface area contributed by atoms with Crippen LogP contribution >= 0.6 is 0 Å². The molecular weight excluding hydrogens is 314 g/mol. The molecule has 1 unspecified atom stereocenters. The Balaban J connectivity index is 2.23. The van der Waals surface area contributed by atoms with E-state index in [9.17, 15) is 18.7 Å². The Bertz CT molecular complexity index is 634. The number of rotatable bonds is 4. The highest BCUT2D eigenvalue weighted by Gasteiger charge is 2.23. The lowest BCUT2D eigenvalue weighted by atomic mass is 10.0. The summed E-state index contributed by atoms with van der Waals surface area (Å²) in [7, 11) is 0. The molecule has 1 aliphatic heterocycles. The molecule has 1 heterocycles. The van der Waals surface area contributed by atoms with Crippen LogP contribution in [-0.2, 0) is 4.79 Å². The minimum absolute atomic E-state index is 0.296. The van der Waals surface area contributed by atoms with Crippen molar-refractivity contribution in [2.45, 2.75) is 45.8 Å². The van der Waals surface area contributed by atoms with Gasteiger partial charge in [-0.05, 0) is 57.4 Å². The Morgan fingerprint density at radius 2 is 1.96 bits per heavy atom. The van der Waals surface area contributed by atoms with Crippen molar-refractivity contribution >= 4 is 11.6 Å². The van der Waals surface area contributed by atoms with Crippen LogP contribution in [0.1, 0.15) is 45.2 Å². The van der Waals surface area contributed by atoms with Gasteiger partial charge in [0.25, 0.3) is 5.91 Å². The largest absolute Gasteiger partial charge is 0.393 e. The number of piperidine rings is 1. The van der Waals surface area contributed by atoms with Gasteiger partial charge in [0.2, 0.25) is 0 Å². The number of hydrogen-bond donors (Lipinski definition) is 2. The molecule has 1 fully saturated rings. The van der Waals surface area contributed by atoms with E-state index in [0.717, 1.165) is 5.69 Å². The summed E-state index contributed by atoms with van der Waals surface area (Å²) in [4.78, 5) is 14.0. The number of benzene rings is 1. The van der Waals surface area contributed by atoms with Gasteiger partial charge in [-0.1, -0.05) is 0 Å². The lowest BCUT2D eigenvalue weighted by Gasteiger charge is -2.34. The van der Waals surface area contributed by atoms with Gasteiger partial charge in [0.1, 0.15) is 5.82 Å². The molecule has 0 aromatic heterocycles. The number of aliphatic hydroxyl groups excluding tert-OH is 1. The summed E-state index contributed by atoms with van der Waals surface area (Å²) in [5.74, 6) is -2.03. The van der Waals surface area contributed by atoms with Gasteiger partial charge in [-0.2, -0.15) is 0 Å². The van der Waals surface area contributed by atoms with E-state index in [4.69, 9.17) is 0 Å². The third kappa shape index (κ3) is 4.32. The van der Waals surface area contributed by atoms with E-state index in [-0.39, 0.29) is 6.10 Å². The Hall–Kier alpha value is -1.95. The van der Waals surface area contributed by atoms with Crippen molar-refractivity contribution < 1.29 is 18.7 Å². The van der Waals surface area contributed by atoms with Crippen molar-refractivity contribution in [3.63, 3.8) is 0 Å². The van der Waals surface area contributed by atoms with E-state index in [1.807, 2.05) is 0 Å². The smallest absolute Gasteiger partial charge is 0.280 e. The molecule has 2 N–H and O–H groups in total. The van der Waals surface area contributed by atoms with E-state index in [1.165, 1.54) is 26.0 Å². The Labute approximate surface area is 141 Å². The van der Waals surface area contributed by atoms with Crippen molar-refractivity contribution in [2.24, 2.45) is 0 Å². The number of aliphatic hydroxyl groups is 1. The average molecular weight is 338 g/mol. The van der Waals surface area contributed by atoms with Crippen LogP contribution in [0.5, 0.6) is 0 Å². The first-order valence-electron chi connectivity index (χ1n) is 8.16. The Kier molecular flexibility index (Phi) is 5.94. The van der Waals surface area contributed by atoms with Crippen LogP contribution in [0.15, 0.2) is 29.6 Å². The number of anilines is 1. The molecule has 132 valence electrons. The van der Waals surface area contributed by atoms with Gasteiger partial charge in [-0.25, -0.2) is 8.78 Å². The molecule has 1 amide bonds. The Morgan fingerprint density at radius 1 is 1.33 bits per heavy atom. The first kappa shape index (κ1) is 18.4. The highest BCUT2D eigenvalue weighted by Crippen LogP contribution is 2.30. The molecule has 1 aromatic rings. The quantitative estimate of drug-likeness (QED) is 0.829. The molecule has 0 radical (unpaired) electrons. The van der Waals surface area contributed by atoms with Crippen molar-refractivity contribution in [2.75, 3.05) is 18.0 Å². The minimum atomic E-state index is -0.819. The topological polar surface area (TPSA) is 52.6 Å². The summed E-state index contributed by atoms with van der Waals surface area (Å²) in [5.41, 5.74) is 1.69. The van der Waals surface area contributed by atoms with Gasteiger partial charge in [0.15, 0.2) is 5.83 Å². The van der Waals surface area contributed by atoms with E-state index < -0.39 is 23.6 Å². The van der Waals surface area contributed by atoms with E-state index >= 15 is 0 Å². The average Bonchev–Trinajstić information content (AvgIpc) is 2.54. The maximum atomic E-state index is 13.7. The number of amides is 1. The fourth-order valence-corrected chi connectivity index (χ4v) is 2.83. The molecule has 1 saturated heterocycles. The predicted molar refractivity (Wildman–Crippen MR) is 89.9 cm³/mol. The summed E-state index contributed by atoms with van der Waals surface area (Å²) in [6.07, 6.45) is 0.975. The van der Waals surface area contributed by atoms with Crippen LogP contribution in [0.2, 0.25) is 0 Å². The zero-order chi connectivity index (χ0) is 17.9. The second-order valence-electron chi connectivity index (χ2n) is 6.43. The fraction of sp³-hybridized carbons (Fsp3) is 0.500. The van der Waals surface area contributed by atoms with E-state index in [1.54, 1.807) is 13.0 Å². The van der Waals surface area contributed by atoms with E-state index in [0.29, 0.717) is 37.1 Å². The monoisotopic (exact) mass is 338 g/mol. The summed E-state index contributed by atoms with van der Waals surface area (Å²) in [6, 6.07) is 3.86. The SMILES string of the molecule is CC(C)=C(F)C(=O)NC(C)c1cc(F)ccc1N1CCC(O)CC1. The summed E-state index contributed by atoms with van der Waals surface area (Å²) >= 11 is 0. The lowest BCUT2D eigenvalue weighted by Crippen LogP contribution is -2.37. The van der Waals surface area contributed by atoms with Gasteiger partial charge < -0.3 is 15.3 Å². The third-order valence-corrected chi connectivity index (χ3v) is 4.25. The van der Waals surface area contributed by atoms with Crippen LogP contribution in [0.3, 0.4) is 0 Å². The molecule has 2 rings (SSSR count). The van der Waals surface area contributed by atoms with Crippen LogP contribution < -0.4 is 10.2 Å². The lowest BCUT2D eigenvalue weighted by molar-refractivity contribution is -0.119. The summed E-state index contributed by atoms with van der Waals surface area (Å²) in [6.45, 7) is 6.05. The van der Waals surface area contributed by atoms with Crippen LogP contribution in [0, 0.1) is 5.82 Å². The first-order chi connectivity index (χ1) is 11.3. The third-order valence-electron chi connectivity index (χ3n) is 4.25. The molecule has 0 spiro atoms. The maximum absolute atomic E-state index is 13.7. The number of nitrogens with zero attached hydrogens (tertiary/aromatic N) is 1. The van der Waals surface area contributed by atoms with Gasteiger partial charge in [-0.15, -0.1) is 0 Å². The fourth-order valence-electron chi connectivity index (χ4n) is 2.83. The van der Waals surface area contributed by atoms with Crippen molar-refractivity contribution in [3.05, 3.63) is 41.0 Å². The summed E-state index contributed by atoms with van der Waals surface area (Å²) < 4.78 is 27.4. The standard InChI is InChI=1S/C18H24F2N2O2/c1-11(2)17(20)18(24)21-12(3)15-10-13(19)4-5-16(15)22-8-6-14(23)7-9-22/h4-5,10,12,14,23H,6-9H2,1-3H3,(H,21,24). The van der Waals surface area contributed by atoms with Gasteiger partial charge in [-0.3, -0.25) is 4.79 Å². The molecule has 1 atom stereocenters. The van der Waals surface area contributed by atoms with Crippen molar-refractivity contribution in [1.82, 2.24) is 5.32 Å². The maximum Gasteiger partial charge on any atom is 0.280 e. The molecule has 0 aliphatic carbocycles. The molecule has 1 aliphatic rings. The minimum Gasteiger partial charge on any atom is -0.393 e. The number of halogens is 2. The molecule has 1 aromatic carbocycles. The molecule has 4 nitrogen and oxygen atoms in total. The second kappa shape index (κ2) is 7.75. The summed E-state index contributed by atoms with van der Waals surface area (Å²) in [5, 5.41) is 12.2. The molecule has 6 heteroatoms. The zero-order valence-electron chi connectivity index (χ0n) is 14.3. The zero-order valence-corrected chi connectivity index (χ0v) is 14.3. The van der Waals surface area contributed by atoms with Gasteiger partial charge in [0, 0.05) is 24.3 Å². The first-order valence-corrected chi connectivity index (χ1v) is 8.16. The number of carbonyl (C=O) groups is 1. The second-order valence-corrected chi connectivity index (χ2v) is 6.43. The van der Waals surface area contributed by atoms with E-state index in [2.05, 4.69) is 10.2 Å². The number of nitrogens with one attached hydrogen (secondary N) is 1. The Morgan fingerprint density at radius 3 is 2.54 bits per heavy atom. The van der Waals surface area contributed by atoms with Crippen LogP contribution in [0.25, 0.3) is 0 Å². The van der Waals surface area contributed by atoms with Crippen molar-refractivity contribution in [1.29, 1.82) is 0 Å². The normalized spacial score (nSPS) is 16.7. The van der Waals surface area contributed by atoms with Crippen LogP contribution in [0.4, 0.5) is 14.5 Å². The molecule has 24 heavy (non-hydrogen) atoms. The highest BCUT2D eigenvalue weighted by atomic mass is 19.1. The number of hydrogen-bond acceptors (Lipinski definition) is 3.